The predicted octanol–water partition coefficient (Wildman–Crippen LogP) is -1.82. The molecule has 2 aliphatic heterocycles. The Hall–Kier alpha value is -1.64. The Kier molecular flexibility index (Phi) is 2.92. The summed E-state index contributed by atoms with van der Waals surface area (Å²) in [6, 6.07) is 0. The van der Waals surface area contributed by atoms with Gasteiger partial charge in [0.25, 0.3) is 5.56 Å². The number of nitrogens with two attached hydrogens (primary N) is 1. The second-order valence-electron chi connectivity index (χ2n) is 4.81. The number of nitrogen functional groups attached to an aromatic ring is 1. The molecule has 0 saturated carbocycles. The number of anilines is 2. The molecule has 8 heteroatoms. The van der Waals surface area contributed by atoms with Gasteiger partial charge in [-0.2, -0.15) is 4.98 Å². The van der Waals surface area contributed by atoms with Crippen LogP contribution in [0.25, 0.3) is 0 Å². The van der Waals surface area contributed by atoms with Crippen LogP contribution in [0.5, 0.6) is 0 Å². The molecule has 1 aromatic heterocycles. The van der Waals surface area contributed by atoms with Gasteiger partial charge in [-0.05, 0) is 6.42 Å². The Morgan fingerprint density at radius 2 is 2.37 bits per heavy atom. The van der Waals surface area contributed by atoms with Crippen molar-refractivity contribution >= 4 is 11.8 Å². The van der Waals surface area contributed by atoms with Crippen LogP contribution in [-0.4, -0.2) is 51.8 Å². The number of hydrogen-bond donors (Lipinski definition) is 4. The maximum absolute atomic E-state index is 11.7. The van der Waals surface area contributed by atoms with Crippen molar-refractivity contribution in [3.63, 3.8) is 0 Å². The van der Waals surface area contributed by atoms with Crippen LogP contribution in [0.15, 0.2) is 4.79 Å². The van der Waals surface area contributed by atoms with E-state index in [1.165, 1.54) is 0 Å². The Labute approximate surface area is 108 Å². The molecule has 1 aromatic rings. The standard InChI is InChI=1S/C11H16N4O4/c12-11-13-9-5(10(18)14-11)1-2-15(9)8-3-6(17)7(4-16)19-8/h6-8,16-17H,1-4H2,(H3,12,13,14,18)/t6-,7-,8-/m1/s1. The molecule has 0 amide bonds. The molecule has 0 radical (unpaired) electrons. The summed E-state index contributed by atoms with van der Waals surface area (Å²) in [6.45, 7) is 0.355. The largest absolute Gasteiger partial charge is 0.394 e. The zero-order valence-corrected chi connectivity index (χ0v) is 10.2. The van der Waals surface area contributed by atoms with E-state index < -0.39 is 12.2 Å². The first kappa shape index (κ1) is 12.4. The van der Waals surface area contributed by atoms with Crippen molar-refractivity contribution in [3.05, 3.63) is 15.9 Å². The number of rotatable bonds is 2. The van der Waals surface area contributed by atoms with Gasteiger partial charge < -0.3 is 25.6 Å². The lowest BCUT2D eigenvalue weighted by Gasteiger charge is -2.25. The lowest BCUT2D eigenvalue weighted by Crippen LogP contribution is -2.35. The zero-order chi connectivity index (χ0) is 13.6. The molecule has 8 nitrogen and oxygen atoms in total. The number of aromatic nitrogens is 2. The monoisotopic (exact) mass is 268 g/mol. The summed E-state index contributed by atoms with van der Waals surface area (Å²) >= 11 is 0. The van der Waals surface area contributed by atoms with Crippen molar-refractivity contribution in [1.82, 2.24) is 9.97 Å². The second kappa shape index (κ2) is 4.48. The number of nitrogens with zero attached hydrogens (tertiary/aromatic N) is 2. The van der Waals surface area contributed by atoms with Crippen molar-refractivity contribution in [2.24, 2.45) is 0 Å². The van der Waals surface area contributed by atoms with Gasteiger partial charge in [0.2, 0.25) is 5.95 Å². The third kappa shape index (κ3) is 1.97. The van der Waals surface area contributed by atoms with Crippen molar-refractivity contribution in [2.75, 3.05) is 23.8 Å². The Morgan fingerprint density at radius 1 is 1.58 bits per heavy atom. The molecule has 3 rings (SSSR count). The Morgan fingerprint density at radius 3 is 3.05 bits per heavy atom. The highest BCUT2D eigenvalue weighted by Gasteiger charge is 2.40. The van der Waals surface area contributed by atoms with Gasteiger partial charge >= 0.3 is 0 Å². The van der Waals surface area contributed by atoms with E-state index in [9.17, 15) is 9.90 Å². The molecule has 3 atom stereocenters. The summed E-state index contributed by atoms with van der Waals surface area (Å²) < 4.78 is 5.58. The molecule has 0 aromatic carbocycles. The lowest BCUT2D eigenvalue weighted by molar-refractivity contribution is -0.0220. The molecule has 0 unspecified atom stereocenters. The summed E-state index contributed by atoms with van der Waals surface area (Å²) in [7, 11) is 0. The molecule has 19 heavy (non-hydrogen) atoms. The number of hydrogen-bond acceptors (Lipinski definition) is 7. The topological polar surface area (TPSA) is 125 Å². The molecule has 0 bridgehead atoms. The minimum absolute atomic E-state index is 0.0629. The van der Waals surface area contributed by atoms with Crippen LogP contribution < -0.4 is 16.2 Å². The van der Waals surface area contributed by atoms with Gasteiger partial charge in [0.1, 0.15) is 18.1 Å². The fourth-order valence-corrected chi connectivity index (χ4v) is 2.66. The molecule has 0 aliphatic carbocycles. The van der Waals surface area contributed by atoms with E-state index in [-0.39, 0.29) is 24.3 Å². The van der Waals surface area contributed by atoms with Crippen LogP contribution in [0, 0.1) is 0 Å². The molecule has 5 N–H and O–H groups in total. The molecular formula is C11H16N4O4. The summed E-state index contributed by atoms with van der Waals surface area (Å²) in [6.07, 6.45) is -0.745. The predicted molar refractivity (Wildman–Crippen MR) is 66.7 cm³/mol. The smallest absolute Gasteiger partial charge is 0.257 e. The van der Waals surface area contributed by atoms with Crippen molar-refractivity contribution in [2.45, 2.75) is 31.3 Å². The molecular weight excluding hydrogens is 252 g/mol. The maximum atomic E-state index is 11.7. The van der Waals surface area contributed by atoms with E-state index in [1.807, 2.05) is 4.90 Å². The van der Waals surface area contributed by atoms with Gasteiger partial charge in [0, 0.05) is 13.0 Å². The highest BCUT2D eigenvalue weighted by molar-refractivity contribution is 5.53. The number of ether oxygens (including phenoxy) is 1. The van der Waals surface area contributed by atoms with Crippen LogP contribution in [0.1, 0.15) is 12.0 Å². The number of aliphatic hydroxyl groups is 2. The Balaban J connectivity index is 1.89. The van der Waals surface area contributed by atoms with Gasteiger partial charge in [-0.3, -0.25) is 9.78 Å². The van der Waals surface area contributed by atoms with Gasteiger partial charge in [-0.1, -0.05) is 0 Å². The van der Waals surface area contributed by atoms with Gasteiger partial charge in [-0.15, -0.1) is 0 Å². The minimum atomic E-state index is -0.710. The highest BCUT2D eigenvalue weighted by Crippen LogP contribution is 2.31. The average molecular weight is 268 g/mol. The van der Waals surface area contributed by atoms with E-state index in [1.54, 1.807) is 0 Å². The molecule has 1 fully saturated rings. The summed E-state index contributed by atoms with van der Waals surface area (Å²) in [5.74, 6) is 0.574. The van der Waals surface area contributed by atoms with E-state index in [2.05, 4.69) is 9.97 Å². The van der Waals surface area contributed by atoms with Gasteiger partial charge in [0.15, 0.2) is 0 Å². The fraction of sp³-hybridized carbons (Fsp3) is 0.636. The number of aliphatic hydroxyl groups excluding tert-OH is 2. The van der Waals surface area contributed by atoms with Crippen LogP contribution in [-0.2, 0) is 11.2 Å². The second-order valence-corrected chi connectivity index (χ2v) is 4.81. The highest BCUT2D eigenvalue weighted by atomic mass is 16.5. The van der Waals surface area contributed by atoms with Gasteiger partial charge in [0.05, 0.1) is 18.3 Å². The molecule has 0 spiro atoms. The fourth-order valence-electron chi connectivity index (χ4n) is 2.66. The minimum Gasteiger partial charge on any atom is -0.394 e. The number of fused-ring (bicyclic) bond motifs is 1. The summed E-state index contributed by atoms with van der Waals surface area (Å²) in [5.41, 5.74) is 5.90. The third-order valence-electron chi connectivity index (χ3n) is 3.62. The first-order valence-corrected chi connectivity index (χ1v) is 6.20. The third-order valence-corrected chi connectivity index (χ3v) is 3.62. The van der Waals surface area contributed by atoms with Gasteiger partial charge in [-0.25, -0.2) is 0 Å². The SMILES string of the molecule is Nc1nc2c(c(=O)[nH]1)CCN2[C@H]1C[C@@H](O)[C@@H](CO)O1. The quantitative estimate of drug-likeness (QED) is 0.498. The van der Waals surface area contributed by atoms with E-state index >= 15 is 0 Å². The van der Waals surface area contributed by atoms with Crippen molar-refractivity contribution in [1.29, 1.82) is 0 Å². The van der Waals surface area contributed by atoms with Crippen LogP contribution in [0.3, 0.4) is 0 Å². The Bertz CT molecular complexity index is 546. The average Bonchev–Trinajstić information content (AvgIpc) is 2.92. The number of nitrogens with one attached hydrogen (secondary N) is 1. The van der Waals surface area contributed by atoms with E-state index in [0.717, 1.165) is 0 Å². The van der Waals surface area contributed by atoms with Crippen LogP contribution >= 0.6 is 0 Å². The molecule has 3 heterocycles. The molecule has 2 aliphatic rings. The number of H-pyrrole nitrogens is 1. The van der Waals surface area contributed by atoms with E-state index in [4.69, 9.17) is 15.6 Å². The molecule has 1 saturated heterocycles. The normalized spacial score (nSPS) is 29.8. The summed E-state index contributed by atoms with van der Waals surface area (Å²) in [4.78, 5) is 20.2. The van der Waals surface area contributed by atoms with Crippen LogP contribution in [0.2, 0.25) is 0 Å². The first-order valence-electron chi connectivity index (χ1n) is 6.20. The zero-order valence-electron chi connectivity index (χ0n) is 10.2. The molecule has 104 valence electrons. The van der Waals surface area contributed by atoms with Crippen LogP contribution in [0.4, 0.5) is 11.8 Å². The van der Waals surface area contributed by atoms with Crippen molar-refractivity contribution in [3.8, 4) is 0 Å². The van der Waals surface area contributed by atoms with E-state index in [0.29, 0.717) is 30.8 Å². The van der Waals surface area contributed by atoms with Crippen molar-refractivity contribution < 1.29 is 14.9 Å². The lowest BCUT2D eigenvalue weighted by atomic mass is 10.2. The maximum Gasteiger partial charge on any atom is 0.257 e. The first-order chi connectivity index (χ1) is 9.10. The number of aromatic amines is 1. The summed E-state index contributed by atoms with van der Waals surface area (Å²) in [5, 5.41) is 18.8.